The van der Waals surface area contributed by atoms with Gasteiger partial charge in [0.1, 0.15) is 0 Å². The van der Waals surface area contributed by atoms with E-state index in [9.17, 15) is 14.4 Å². The summed E-state index contributed by atoms with van der Waals surface area (Å²) in [4.78, 5) is 38.3. The van der Waals surface area contributed by atoms with Crippen molar-refractivity contribution >= 4 is 33.1 Å². The lowest BCUT2D eigenvalue weighted by atomic mass is 9.63. The molecule has 2 fully saturated rings. The van der Waals surface area contributed by atoms with Crippen molar-refractivity contribution in [2.75, 3.05) is 19.8 Å². The molecule has 0 spiro atoms. The normalized spacial score (nSPS) is 24.8. The Hall–Kier alpha value is -1.65. The molecule has 35 heavy (non-hydrogen) atoms. The van der Waals surface area contributed by atoms with Gasteiger partial charge in [-0.1, -0.05) is 30.9 Å². The zero-order valence-electron chi connectivity index (χ0n) is 23.1. The first kappa shape index (κ1) is 29.6. The standard InChI is InChI=1S/C25H43BO8Si/c1-11-30-21(28)25(22(29)31-12-2)13-18(16-35(8,9)10)19(14-25)20(15-32-17(3)27)26-33-23(4,5)24(6,7)34-26/h16,19-20H,11-15H2,1-10H3/b18-16+/t19-,20-/m0/s1. The van der Waals surface area contributed by atoms with Gasteiger partial charge >= 0.3 is 25.0 Å². The zero-order valence-corrected chi connectivity index (χ0v) is 24.1. The molecule has 2 rings (SSSR count). The molecule has 0 N–H and O–H groups in total. The van der Waals surface area contributed by atoms with Crippen LogP contribution in [0.5, 0.6) is 0 Å². The van der Waals surface area contributed by atoms with Gasteiger partial charge in [-0.2, -0.15) is 0 Å². The van der Waals surface area contributed by atoms with Crippen LogP contribution in [0.15, 0.2) is 11.3 Å². The number of hydrogen-bond donors (Lipinski definition) is 0. The van der Waals surface area contributed by atoms with Gasteiger partial charge in [0.05, 0.1) is 39.1 Å². The first-order chi connectivity index (χ1) is 16.0. The molecule has 8 nitrogen and oxygen atoms in total. The van der Waals surface area contributed by atoms with Crippen molar-refractivity contribution in [2.24, 2.45) is 11.3 Å². The second-order valence-corrected chi connectivity index (χ2v) is 16.7. The Balaban J connectivity index is 2.61. The van der Waals surface area contributed by atoms with E-state index in [-0.39, 0.29) is 38.6 Å². The highest BCUT2D eigenvalue weighted by molar-refractivity contribution is 6.81. The molecule has 1 aliphatic carbocycles. The predicted molar refractivity (Wildman–Crippen MR) is 136 cm³/mol. The third-order valence-corrected chi connectivity index (χ3v) is 8.36. The maximum absolute atomic E-state index is 13.3. The maximum atomic E-state index is 13.3. The first-order valence-corrected chi connectivity index (χ1v) is 16.1. The number of carbonyl (C=O) groups excluding carboxylic acids is 3. The van der Waals surface area contributed by atoms with Crippen LogP contribution in [0, 0.1) is 11.3 Å². The summed E-state index contributed by atoms with van der Waals surface area (Å²) in [6.07, 6.45) is 0.382. The summed E-state index contributed by atoms with van der Waals surface area (Å²) in [5.41, 5.74) is 0.557. The van der Waals surface area contributed by atoms with Gasteiger partial charge in [0.15, 0.2) is 5.41 Å². The highest BCUT2D eigenvalue weighted by Crippen LogP contribution is 2.54. The zero-order chi connectivity index (χ0) is 26.8. The van der Waals surface area contributed by atoms with Gasteiger partial charge in [-0.05, 0) is 60.3 Å². The van der Waals surface area contributed by atoms with Crippen LogP contribution in [0.3, 0.4) is 0 Å². The summed E-state index contributed by atoms with van der Waals surface area (Å²) in [7, 11) is -2.46. The molecule has 1 saturated heterocycles. The van der Waals surface area contributed by atoms with Crippen molar-refractivity contribution in [1.82, 2.24) is 0 Å². The van der Waals surface area contributed by atoms with Gasteiger partial charge in [-0.25, -0.2) is 0 Å². The molecule has 0 aromatic carbocycles. The smallest absolute Gasteiger partial charge is 0.465 e. The SMILES string of the molecule is CCOC(=O)C1(C(=O)OCC)C/C(=C\[Si](C)(C)C)[C@@H]([C@H](COC(C)=O)B2OC(C)(C)C(C)(C)O2)C1. The Bertz CT molecular complexity index is 811. The first-order valence-electron chi connectivity index (χ1n) is 12.5. The molecule has 1 heterocycles. The molecule has 1 saturated carbocycles. The molecule has 0 bridgehead atoms. The fourth-order valence-electron chi connectivity index (χ4n) is 4.79. The third kappa shape index (κ3) is 6.57. The van der Waals surface area contributed by atoms with E-state index in [0.29, 0.717) is 0 Å². The topological polar surface area (TPSA) is 97.4 Å². The number of allylic oxidation sites excluding steroid dienone is 1. The van der Waals surface area contributed by atoms with Crippen molar-refractivity contribution in [3.63, 3.8) is 0 Å². The molecule has 10 heteroatoms. The predicted octanol–water partition coefficient (Wildman–Crippen LogP) is 4.34. The fraction of sp³-hybridized carbons (Fsp3) is 0.800. The number of esters is 3. The summed E-state index contributed by atoms with van der Waals surface area (Å²) >= 11 is 0. The average molecular weight is 511 g/mol. The largest absolute Gasteiger partial charge is 0.466 e. The van der Waals surface area contributed by atoms with E-state index in [4.69, 9.17) is 23.5 Å². The molecular weight excluding hydrogens is 467 g/mol. The number of carbonyl (C=O) groups is 3. The Morgan fingerprint density at radius 1 is 1.00 bits per heavy atom. The minimum atomic E-state index is -1.78. The minimum absolute atomic E-state index is 0.0432. The van der Waals surface area contributed by atoms with E-state index < -0.39 is 55.5 Å². The van der Waals surface area contributed by atoms with Crippen LogP contribution < -0.4 is 0 Å². The van der Waals surface area contributed by atoms with Crippen molar-refractivity contribution in [3.05, 3.63) is 11.3 Å². The maximum Gasteiger partial charge on any atom is 0.465 e. The summed E-state index contributed by atoms with van der Waals surface area (Å²) in [5, 5.41) is 0. The summed E-state index contributed by atoms with van der Waals surface area (Å²) in [5.74, 6) is -2.30. The Kier molecular flexibility index (Phi) is 9.10. The van der Waals surface area contributed by atoms with E-state index in [1.54, 1.807) is 13.8 Å². The van der Waals surface area contributed by atoms with Crippen LogP contribution in [-0.4, -0.2) is 64.1 Å². The van der Waals surface area contributed by atoms with Gasteiger partial charge in [0.2, 0.25) is 0 Å². The Labute approximate surface area is 211 Å². The summed E-state index contributed by atoms with van der Waals surface area (Å²) in [6, 6.07) is 0. The molecule has 0 unspecified atom stereocenters. The lowest BCUT2D eigenvalue weighted by molar-refractivity contribution is -0.172. The molecule has 0 radical (unpaired) electrons. The number of hydrogen-bond acceptors (Lipinski definition) is 8. The molecular formula is C25H43BO8Si. The Morgan fingerprint density at radius 2 is 1.49 bits per heavy atom. The van der Waals surface area contributed by atoms with E-state index >= 15 is 0 Å². The van der Waals surface area contributed by atoms with Crippen LogP contribution in [0.4, 0.5) is 0 Å². The lowest BCUT2D eigenvalue weighted by Gasteiger charge is -2.32. The molecule has 1 aliphatic heterocycles. The fourth-order valence-corrected chi connectivity index (χ4v) is 6.22. The van der Waals surface area contributed by atoms with E-state index in [1.807, 2.05) is 27.7 Å². The van der Waals surface area contributed by atoms with E-state index in [1.165, 1.54) is 6.92 Å². The van der Waals surface area contributed by atoms with Gasteiger partial charge in [0, 0.05) is 12.7 Å². The van der Waals surface area contributed by atoms with E-state index in [2.05, 4.69) is 25.3 Å². The van der Waals surface area contributed by atoms with Gasteiger partial charge in [0.25, 0.3) is 0 Å². The van der Waals surface area contributed by atoms with E-state index in [0.717, 1.165) is 5.57 Å². The average Bonchev–Trinajstić information content (AvgIpc) is 3.16. The van der Waals surface area contributed by atoms with Gasteiger partial charge in [-0.15, -0.1) is 0 Å². The monoisotopic (exact) mass is 510 g/mol. The highest BCUT2D eigenvalue weighted by atomic mass is 28.3. The van der Waals surface area contributed by atoms with Gasteiger partial charge < -0.3 is 23.5 Å². The molecule has 198 valence electrons. The molecule has 0 amide bonds. The van der Waals surface area contributed by atoms with Crippen LogP contribution in [-0.2, 0) is 37.9 Å². The van der Waals surface area contributed by atoms with Crippen molar-refractivity contribution in [1.29, 1.82) is 0 Å². The van der Waals surface area contributed by atoms with Crippen molar-refractivity contribution < 1.29 is 37.9 Å². The van der Waals surface area contributed by atoms with Crippen molar-refractivity contribution in [3.8, 4) is 0 Å². The van der Waals surface area contributed by atoms with Crippen LogP contribution in [0.25, 0.3) is 0 Å². The minimum Gasteiger partial charge on any atom is -0.466 e. The van der Waals surface area contributed by atoms with Crippen LogP contribution in [0.2, 0.25) is 25.5 Å². The second-order valence-electron chi connectivity index (χ2n) is 11.7. The quantitative estimate of drug-likeness (QED) is 0.196. The molecule has 2 atom stereocenters. The number of ether oxygens (including phenoxy) is 3. The molecule has 2 aliphatic rings. The van der Waals surface area contributed by atoms with Gasteiger partial charge in [-0.3, -0.25) is 14.4 Å². The number of rotatable bonds is 9. The second kappa shape index (κ2) is 10.8. The van der Waals surface area contributed by atoms with Crippen molar-refractivity contribution in [2.45, 2.75) is 98.0 Å². The molecule has 0 aromatic rings. The lowest BCUT2D eigenvalue weighted by Crippen LogP contribution is -2.41. The third-order valence-electron chi connectivity index (χ3n) is 7.12. The molecule has 0 aromatic heterocycles. The summed E-state index contributed by atoms with van der Waals surface area (Å²) < 4.78 is 29.0. The van der Waals surface area contributed by atoms with Crippen LogP contribution >= 0.6 is 0 Å². The highest BCUT2D eigenvalue weighted by Gasteiger charge is 2.62. The Morgan fingerprint density at radius 3 is 1.89 bits per heavy atom. The van der Waals surface area contributed by atoms with Crippen LogP contribution in [0.1, 0.15) is 61.3 Å². The summed E-state index contributed by atoms with van der Waals surface area (Å²) in [6.45, 7) is 19.6.